The first-order valence-electron chi connectivity index (χ1n) is 8.55. The lowest BCUT2D eigenvalue weighted by molar-refractivity contribution is 0.101. The van der Waals surface area contributed by atoms with Gasteiger partial charge < -0.3 is 9.64 Å². The van der Waals surface area contributed by atoms with Gasteiger partial charge in [0.1, 0.15) is 10.8 Å². The Hall–Kier alpha value is -2.46. The standard InChI is InChI=1S/C21H19NO2S/c1-2-3-13-22-17(15-9-5-4-6-10-15)14-25-21(22)20-19(23)16-11-7-8-12-18(16)24-20/h4-12,14H,2-3,13H2,1H3/b21-20+. The largest absolute Gasteiger partial charge is 0.450 e. The number of carbonyl (C=O) groups is 1. The van der Waals surface area contributed by atoms with Crippen LogP contribution in [0, 0.1) is 0 Å². The number of fused-ring (bicyclic) bond motifs is 1. The second kappa shape index (κ2) is 6.81. The molecule has 0 saturated carbocycles. The third kappa shape index (κ3) is 2.87. The zero-order valence-electron chi connectivity index (χ0n) is 14.1. The molecule has 0 unspecified atom stereocenters. The Bertz CT molecular complexity index is 870. The number of hydrogen-bond acceptors (Lipinski definition) is 4. The molecule has 0 aromatic heterocycles. The number of unbranched alkanes of at least 4 members (excludes halogenated alkanes) is 1. The van der Waals surface area contributed by atoms with Gasteiger partial charge in [-0.1, -0.05) is 67.6 Å². The van der Waals surface area contributed by atoms with E-state index in [1.54, 1.807) is 11.8 Å². The van der Waals surface area contributed by atoms with Crippen LogP contribution in [-0.4, -0.2) is 17.2 Å². The smallest absolute Gasteiger partial charge is 0.234 e. The molecule has 0 radical (unpaired) electrons. The number of nitrogens with zero attached hydrogens (tertiary/aromatic N) is 1. The molecule has 2 heterocycles. The maximum Gasteiger partial charge on any atom is 0.234 e. The van der Waals surface area contributed by atoms with E-state index in [4.69, 9.17) is 4.74 Å². The minimum Gasteiger partial charge on any atom is -0.450 e. The van der Waals surface area contributed by atoms with Crippen molar-refractivity contribution in [3.05, 3.63) is 81.9 Å². The molecule has 0 amide bonds. The summed E-state index contributed by atoms with van der Waals surface area (Å²) in [6, 6.07) is 17.7. The Balaban J connectivity index is 1.72. The summed E-state index contributed by atoms with van der Waals surface area (Å²) < 4.78 is 5.93. The van der Waals surface area contributed by atoms with Crippen LogP contribution in [0.2, 0.25) is 0 Å². The highest BCUT2D eigenvalue weighted by atomic mass is 32.2. The van der Waals surface area contributed by atoms with Crippen molar-refractivity contribution in [2.45, 2.75) is 19.8 Å². The van der Waals surface area contributed by atoms with E-state index in [2.05, 4.69) is 29.4 Å². The van der Waals surface area contributed by atoms with Gasteiger partial charge in [0.05, 0.1) is 11.3 Å². The van der Waals surface area contributed by atoms with E-state index in [0.29, 0.717) is 17.1 Å². The van der Waals surface area contributed by atoms with E-state index in [0.717, 1.165) is 35.7 Å². The van der Waals surface area contributed by atoms with Crippen LogP contribution in [-0.2, 0) is 0 Å². The number of allylic oxidation sites excluding steroid dienone is 1. The van der Waals surface area contributed by atoms with Crippen LogP contribution in [0.1, 0.15) is 35.7 Å². The minimum absolute atomic E-state index is 0.0256. The van der Waals surface area contributed by atoms with E-state index in [1.807, 2.05) is 42.5 Å². The fourth-order valence-electron chi connectivity index (χ4n) is 3.06. The van der Waals surface area contributed by atoms with Crippen molar-refractivity contribution in [3.63, 3.8) is 0 Å². The molecular formula is C21H19NO2S. The van der Waals surface area contributed by atoms with Gasteiger partial charge in [-0.3, -0.25) is 4.79 Å². The summed E-state index contributed by atoms with van der Waals surface area (Å²) in [5.74, 6) is 1.07. The summed E-state index contributed by atoms with van der Waals surface area (Å²) in [6.45, 7) is 3.05. The number of ether oxygens (including phenoxy) is 1. The van der Waals surface area contributed by atoms with Gasteiger partial charge in [-0.25, -0.2) is 0 Å². The van der Waals surface area contributed by atoms with Crippen LogP contribution < -0.4 is 4.74 Å². The lowest BCUT2D eigenvalue weighted by atomic mass is 10.1. The third-order valence-corrected chi connectivity index (χ3v) is 5.34. The van der Waals surface area contributed by atoms with Gasteiger partial charge in [0.2, 0.25) is 11.5 Å². The number of para-hydroxylation sites is 1. The van der Waals surface area contributed by atoms with Crippen molar-refractivity contribution in [2.24, 2.45) is 0 Å². The second-order valence-corrected chi connectivity index (χ2v) is 6.91. The van der Waals surface area contributed by atoms with Gasteiger partial charge in [0.25, 0.3) is 0 Å². The zero-order valence-corrected chi connectivity index (χ0v) is 14.9. The number of hydrogen-bond donors (Lipinski definition) is 0. The Morgan fingerprint density at radius 3 is 2.56 bits per heavy atom. The lowest BCUT2D eigenvalue weighted by Gasteiger charge is -2.24. The molecule has 126 valence electrons. The molecule has 0 atom stereocenters. The second-order valence-electron chi connectivity index (χ2n) is 6.05. The number of Topliss-reactive ketones (excluding diaryl/α,β-unsaturated/α-hetero) is 1. The molecule has 0 N–H and O–H groups in total. The highest BCUT2D eigenvalue weighted by molar-refractivity contribution is 8.06. The molecular weight excluding hydrogens is 330 g/mol. The van der Waals surface area contributed by atoms with Gasteiger partial charge >= 0.3 is 0 Å². The molecule has 0 spiro atoms. The number of benzene rings is 2. The van der Waals surface area contributed by atoms with E-state index >= 15 is 0 Å². The SMILES string of the molecule is CCCCN1C(c2ccccc2)=CS/C1=C1/Oc2ccccc2C1=O. The molecule has 4 rings (SSSR count). The molecule has 0 bridgehead atoms. The quantitative estimate of drug-likeness (QED) is 0.703. The maximum atomic E-state index is 12.8. The van der Waals surface area contributed by atoms with Crippen LogP contribution in [0.3, 0.4) is 0 Å². The summed E-state index contributed by atoms with van der Waals surface area (Å²) in [5, 5.41) is 3.01. The summed E-state index contributed by atoms with van der Waals surface area (Å²) in [7, 11) is 0. The van der Waals surface area contributed by atoms with Crippen molar-refractivity contribution in [2.75, 3.05) is 6.54 Å². The van der Waals surface area contributed by atoms with E-state index in [1.165, 1.54) is 0 Å². The summed E-state index contributed by atoms with van der Waals surface area (Å²) in [4.78, 5) is 15.0. The van der Waals surface area contributed by atoms with Gasteiger partial charge in [-0.2, -0.15) is 0 Å². The van der Waals surface area contributed by atoms with Crippen LogP contribution >= 0.6 is 11.8 Å². The number of thioether (sulfide) groups is 1. The maximum absolute atomic E-state index is 12.8. The van der Waals surface area contributed by atoms with Crippen LogP contribution in [0.25, 0.3) is 5.70 Å². The van der Waals surface area contributed by atoms with Crippen molar-refractivity contribution >= 4 is 23.2 Å². The first kappa shape index (κ1) is 16.0. The number of rotatable bonds is 4. The Labute approximate surface area is 152 Å². The average molecular weight is 349 g/mol. The molecule has 2 aliphatic rings. The Kier molecular flexibility index (Phi) is 4.36. The minimum atomic E-state index is -0.0256. The van der Waals surface area contributed by atoms with Crippen molar-refractivity contribution < 1.29 is 9.53 Å². The van der Waals surface area contributed by atoms with Gasteiger partial charge in [0.15, 0.2) is 0 Å². The van der Waals surface area contributed by atoms with E-state index in [9.17, 15) is 4.79 Å². The van der Waals surface area contributed by atoms with Crippen LogP contribution in [0.15, 0.2) is 70.8 Å². The van der Waals surface area contributed by atoms with Crippen LogP contribution in [0.5, 0.6) is 5.75 Å². The van der Waals surface area contributed by atoms with E-state index < -0.39 is 0 Å². The van der Waals surface area contributed by atoms with Crippen molar-refractivity contribution in [1.82, 2.24) is 4.90 Å². The van der Waals surface area contributed by atoms with Gasteiger partial charge in [-0.05, 0) is 24.1 Å². The van der Waals surface area contributed by atoms with Crippen molar-refractivity contribution in [3.8, 4) is 5.75 Å². The fourth-order valence-corrected chi connectivity index (χ4v) is 4.10. The average Bonchev–Trinajstić information content (AvgIpc) is 3.22. The Morgan fingerprint density at radius 2 is 1.80 bits per heavy atom. The highest BCUT2D eigenvalue weighted by Crippen LogP contribution is 2.44. The highest BCUT2D eigenvalue weighted by Gasteiger charge is 2.35. The number of ketones is 1. The normalized spacial score (nSPS) is 19.0. The summed E-state index contributed by atoms with van der Waals surface area (Å²) in [5.41, 5.74) is 2.94. The predicted octanol–water partition coefficient (Wildman–Crippen LogP) is 5.28. The molecule has 4 heteroatoms. The fraction of sp³-hybridized carbons (Fsp3) is 0.190. The Morgan fingerprint density at radius 1 is 1.04 bits per heavy atom. The van der Waals surface area contributed by atoms with Gasteiger partial charge in [-0.15, -0.1) is 0 Å². The predicted molar refractivity (Wildman–Crippen MR) is 102 cm³/mol. The molecule has 25 heavy (non-hydrogen) atoms. The lowest BCUT2D eigenvalue weighted by Crippen LogP contribution is -2.21. The van der Waals surface area contributed by atoms with Crippen molar-refractivity contribution in [1.29, 1.82) is 0 Å². The molecule has 0 fully saturated rings. The van der Waals surface area contributed by atoms with Gasteiger partial charge in [0, 0.05) is 12.0 Å². The molecule has 2 aliphatic heterocycles. The zero-order chi connectivity index (χ0) is 17.2. The van der Waals surface area contributed by atoms with E-state index in [-0.39, 0.29) is 5.78 Å². The monoisotopic (exact) mass is 349 g/mol. The summed E-state index contributed by atoms with van der Waals surface area (Å²) in [6.07, 6.45) is 2.16. The van der Waals surface area contributed by atoms with Crippen LogP contribution in [0.4, 0.5) is 0 Å². The third-order valence-electron chi connectivity index (χ3n) is 4.37. The molecule has 0 aliphatic carbocycles. The molecule has 2 aromatic carbocycles. The molecule has 0 saturated heterocycles. The molecule has 2 aromatic rings. The number of carbonyl (C=O) groups excluding carboxylic acids is 1. The first-order valence-corrected chi connectivity index (χ1v) is 9.43. The topological polar surface area (TPSA) is 29.5 Å². The first-order chi connectivity index (χ1) is 12.3. The molecule has 3 nitrogen and oxygen atoms in total. The summed E-state index contributed by atoms with van der Waals surface area (Å²) >= 11 is 1.57.